The summed E-state index contributed by atoms with van der Waals surface area (Å²) in [7, 11) is 0. The minimum Gasteiger partial charge on any atom is -0.310 e. The van der Waals surface area contributed by atoms with Crippen LogP contribution in [0.25, 0.3) is 53.6 Å². The predicted molar refractivity (Wildman–Crippen MR) is 302 cm³/mol. The maximum Gasteiger partial charge on any atom is 0.0736 e. The molecule has 2 aliphatic heterocycles. The van der Waals surface area contributed by atoms with Crippen molar-refractivity contribution >= 4 is 72.1 Å². The first-order valence-corrected chi connectivity index (χ1v) is 27.2. The topological polar surface area (TPSA) is 3.24 Å². The van der Waals surface area contributed by atoms with Gasteiger partial charge in [-0.05, 0) is 145 Å². The molecule has 2 aliphatic carbocycles. The number of hydrogen-bond acceptors (Lipinski definition) is 4. The van der Waals surface area contributed by atoms with Crippen molar-refractivity contribution in [1.82, 2.24) is 0 Å². The third kappa shape index (κ3) is 5.47. The molecule has 4 aliphatic rings. The minimum absolute atomic E-state index is 0.450. The molecule has 0 amide bonds. The lowest BCUT2D eigenvalue weighted by Crippen LogP contribution is -2.32. The van der Waals surface area contributed by atoms with Gasteiger partial charge in [-0.2, -0.15) is 0 Å². The lowest BCUT2D eigenvalue weighted by molar-refractivity contribution is 0.721. The Hall–Kier alpha value is -7.86. The highest BCUT2D eigenvalue weighted by molar-refractivity contribution is 7.99. The predicted octanol–water partition coefficient (Wildman–Crippen LogP) is 18.8. The van der Waals surface area contributed by atoms with E-state index in [9.17, 15) is 0 Å². The first-order chi connectivity index (χ1) is 35.7. The van der Waals surface area contributed by atoms with E-state index in [1.54, 1.807) is 0 Å². The van der Waals surface area contributed by atoms with Crippen molar-refractivity contribution in [3.8, 4) is 33.4 Å². The van der Waals surface area contributed by atoms with E-state index in [-0.39, 0.29) is 0 Å². The van der Waals surface area contributed by atoms with Gasteiger partial charge in [0, 0.05) is 56.8 Å². The monoisotopic (exact) mass is 967 g/mol. The summed E-state index contributed by atoms with van der Waals surface area (Å²) < 4.78 is 2.57. The zero-order valence-corrected chi connectivity index (χ0v) is 41.3. The van der Waals surface area contributed by atoms with Gasteiger partial charge < -0.3 is 4.90 Å². The summed E-state index contributed by atoms with van der Waals surface area (Å²) in [5.74, 6) is 0. The Bertz CT molecular complexity index is 4170. The molecule has 3 heterocycles. The normalized spacial score (nSPS) is 14.5. The van der Waals surface area contributed by atoms with Crippen molar-refractivity contribution in [3.05, 3.63) is 293 Å². The molecule has 0 saturated heterocycles. The van der Waals surface area contributed by atoms with Crippen LogP contribution in [-0.2, 0) is 10.8 Å². The van der Waals surface area contributed by atoms with Crippen LogP contribution >= 0.6 is 34.9 Å². The van der Waals surface area contributed by atoms with Gasteiger partial charge in [0.1, 0.15) is 0 Å². The van der Waals surface area contributed by atoms with Gasteiger partial charge in [-0.1, -0.05) is 206 Å². The largest absolute Gasteiger partial charge is 0.310 e. The van der Waals surface area contributed by atoms with Crippen LogP contribution in [0.5, 0.6) is 0 Å². The van der Waals surface area contributed by atoms with Crippen LogP contribution in [0.1, 0.15) is 44.5 Å². The number of fused-ring (bicyclic) bond motifs is 21. The highest BCUT2D eigenvalue weighted by Gasteiger charge is 2.52. The van der Waals surface area contributed by atoms with E-state index in [1.807, 2.05) is 34.9 Å². The molecule has 1 nitrogen and oxygen atoms in total. The van der Waals surface area contributed by atoms with Gasteiger partial charge >= 0.3 is 0 Å². The van der Waals surface area contributed by atoms with Gasteiger partial charge in [0.25, 0.3) is 0 Å². The van der Waals surface area contributed by atoms with Crippen molar-refractivity contribution in [2.24, 2.45) is 0 Å². The van der Waals surface area contributed by atoms with Crippen molar-refractivity contribution in [2.45, 2.75) is 30.4 Å². The molecule has 0 N–H and O–H groups in total. The fraction of sp³-hybridized carbons (Fsp3) is 0.0294. The Morgan fingerprint density at radius 3 is 1.35 bits per heavy atom. The van der Waals surface area contributed by atoms with Crippen LogP contribution in [0.4, 0.5) is 17.1 Å². The van der Waals surface area contributed by atoms with Crippen LogP contribution in [0.15, 0.2) is 268 Å². The second-order valence-electron chi connectivity index (χ2n) is 19.4. The number of nitrogens with zero attached hydrogens (tertiary/aromatic N) is 1. The Labute approximate surface area is 431 Å². The number of rotatable bonds is 4. The molecule has 0 unspecified atom stereocenters. The third-order valence-electron chi connectivity index (χ3n) is 16.0. The first-order valence-electron chi connectivity index (χ1n) is 24.7. The summed E-state index contributed by atoms with van der Waals surface area (Å²) in [4.78, 5) is 7.71. The lowest BCUT2D eigenvalue weighted by atomic mass is 9.67. The number of benzene rings is 11. The molecule has 2 spiro atoms. The molecule has 0 atom stereocenters. The van der Waals surface area contributed by atoms with Gasteiger partial charge in [-0.3, -0.25) is 0 Å². The van der Waals surface area contributed by atoms with E-state index in [4.69, 9.17) is 0 Å². The highest BCUT2D eigenvalue weighted by Crippen LogP contribution is 2.65. The Morgan fingerprint density at radius 1 is 0.264 bits per heavy atom. The van der Waals surface area contributed by atoms with Crippen LogP contribution in [-0.4, -0.2) is 0 Å². The minimum atomic E-state index is -0.497. The van der Waals surface area contributed by atoms with Crippen molar-refractivity contribution < 1.29 is 0 Å². The van der Waals surface area contributed by atoms with Gasteiger partial charge in [-0.25, -0.2) is 0 Å². The number of hydrogen-bond donors (Lipinski definition) is 0. The van der Waals surface area contributed by atoms with Gasteiger partial charge in [0.05, 0.1) is 10.8 Å². The van der Waals surface area contributed by atoms with Gasteiger partial charge in [0.15, 0.2) is 0 Å². The summed E-state index contributed by atoms with van der Waals surface area (Å²) in [6.07, 6.45) is 0. The van der Waals surface area contributed by atoms with Crippen molar-refractivity contribution in [1.29, 1.82) is 0 Å². The molecule has 0 saturated carbocycles. The average Bonchev–Trinajstić information content (AvgIpc) is 4.06. The molecule has 4 heteroatoms. The second kappa shape index (κ2) is 15.3. The molecular formula is C68H41NS3. The molecule has 16 rings (SSSR count). The molecule has 336 valence electrons. The summed E-state index contributed by atoms with van der Waals surface area (Å²) in [6.45, 7) is 0. The molecule has 0 radical (unpaired) electrons. The van der Waals surface area contributed by atoms with Crippen LogP contribution in [0.3, 0.4) is 0 Å². The quantitative estimate of drug-likeness (QED) is 0.173. The summed E-state index contributed by atoms with van der Waals surface area (Å²) >= 11 is 5.69. The van der Waals surface area contributed by atoms with Gasteiger partial charge in [0.2, 0.25) is 0 Å². The molecule has 0 fully saturated rings. The van der Waals surface area contributed by atoms with Gasteiger partial charge in [-0.15, -0.1) is 11.3 Å². The van der Waals surface area contributed by atoms with E-state index < -0.39 is 10.8 Å². The number of anilines is 3. The van der Waals surface area contributed by atoms with E-state index in [0.29, 0.717) is 0 Å². The molecule has 11 aromatic carbocycles. The molecule has 72 heavy (non-hydrogen) atoms. The van der Waals surface area contributed by atoms with E-state index >= 15 is 0 Å². The smallest absolute Gasteiger partial charge is 0.0736 e. The molecular weight excluding hydrogens is 927 g/mol. The first kappa shape index (κ1) is 40.8. The fourth-order valence-electron chi connectivity index (χ4n) is 13.1. The third-order valence-corrected chi connectivity index (χ3v) is 19.4. The zero-order valence-electron chi connectivity index (χ0n) is 38.8. The Kier molecular flexibility index (Phi) is 8.69. The van der Waals surface area contributed by atoms with E-state index in [1.165, 1.54) is 118 Å². The second-order valence-corrected chi connectivity index (χ2v) is 22.7. The molecule has 1 aromatic heterocycles. The van der Waals surface area contributed by atoms with Crippen LogP contribution < -0.4 is 4.90 Å². The zero-order chi connectivity index (χ0) is 47.1. The maximum absolute atomic E-state index is 2.54. The highest BCUT2D eigenvalue weighted by atomic mass is 32.2. The van der Waals surface area contributed by atoms with Crippen LogP contribution in [0, 0.1) is 0 Å². The fourth-order valence-corrected chi connectivity index (χ4v) is 16.7. The Balaban J connectivity index is 0.943. The molecule has 0 bridgehead atoms. The lowest BCUT2D eigenvalue weighted by Gasteiger charge is -2.41. The standard InChI is InChI=1S/C68H41NS3/c1-2-16-42(17-3-1)43-30-36-61-52(38-43)51-34-31-45(40-65(51)70-61)69(44-33-37-64-60(39-44)68(58-27-13-14-28-62(58)71-64)55-24-10-6-20-49(55)50-21-7-11-25-56(50)68)46-32-35-59-66(41-46)72-63-29-15-12-26-57(63)67(59)53-22-8-4-18-47(53)48-19-5-9-23-54(48)67/h1-41H. The van der Waals surface area contributed by atoms with E-state index in [0.717, 1.165) is 17.1 Å². The summed E-state index contributed by atoms with van der Waals surface area (Å²) in [5.41, 5.74) is 20.9. The SMILES string of the molecule is c1ccc(-c2ccc3sc4cc(N(c5ccc6c(c5)Sc5ccccc5C65c6ccccc6-c6ccccc65)c5ccc6c(c5)C5(c7ccccc7S6)c6ccccc6-c6ccccc65)ccc4c3c2)cc1. The van der Waals surface area contributed by atoms with Crippen LogP contribution in [0.2, 0.25) is 0 Å². The molecule has 12 aromatic rings. The van der Waals surface area contributed by atoms with Crippen molar-refractivity contribution in [2.75, 3.05) is 4.90 Å². The number of thiophene rings is 1. The summed E-state index contributed by atoms with van der Waals surface area (Å²) in [5, 5.41) is 2.58. The van der Waals surface area contributed by atoms with E-state index in [2.05, 4.69) is 254 Å². The van der Waals surface area contributed by atoms with Crippen molar-refractivity contribution in [3.63, 3.8) is 0 Å². The average molecular weight is 968 g/mol. The summed E-state index contributed by atoms with van der Waals surface area (Å²) in [6, 6.07) is 94.2. The Morgan fingerprint density at radius 2 is 0.722 bits per heavy atom. The maximum atomic E-state index is 2.54.